The van der Waals surface area contributed by atoms with E-state index in [4.69, 9.17) is 0 Å². The summed E-state index contributed by atoms with van der Waals surface area (Å²) < 4.78 is 0. The van der Waals surface area contributed by atoms with Crippen molar-refractivity contribution < 1.29 is 4.79 Å². The highest BCUT2D eigenvalue weighted by Crippen LogP contribution is 2.20. The van der Waals surface area contributed by atoms with Crippen LogP contribution in [-0.4, -0.2) is 5.91 Å². The predicted molar refractivity (Wildman–Crippen MR) is 89.7 cm³/mol. The Hall–Kier alpha value is -1.65. The van der Waals surface area contributed by atoms with Crippen molar-refractivity contribution in [2.24, 2.45) is 0 Å². The fraction of sp³-hybridized carbons (Fsp3) is 0.353. The van der Waals surface area contributed by atoms with E-state index in [0.29, 0.717) is 0 Å². The molecule has 1 aromatic heterocycles. The monoisotopic (exact) mass is 302 g/mol. The summed E-state index contributed by atoms with van der Waals surface area (Å²) in [5.74, 6) is -0.0431. The number of anilines is 1. The van der Waals surface area contributed by atoms with Gasteiger partial charge in [0, 0.05) is 35.0 Å². The molecule has 3 nitrogen and oxygen atoms in total. The Bertz CT molecular complexity index is 606. The van der Waals surface area contributed by atoms with E-state index in [9.17, 15) is 4.79 Å². The first-order chi connectivity index (χ1) is 10.1. The molecule has 2 rings (SSSR count). The minimum Gasteiger partial charge on any atom is -0.326 e. The highest BCUT2D eigenvalue weighted by Gasteiger charge is 2.07. The van der Waals surface area contributed by atoms with Gasteiger partial charge in [0.15, 0.2) is 0 Å². The van der Waals surface area contributed by atoms with Crippen LogP contribution in [0, 0.1) is 0 Å². The van der Waals surface area contributed by atoms with Gasteiger partial charge in [-0.2, -0.15) is 0 Å². The van der Waals surface area contributed by atoms with Gasteiger partial charge < -0.3 is 10.6 Å². The van der Waals surface area contributed by atoms with Gasteiger partial charge >= 0.3 is 0 Å². The molecule has 2 aromatic rings. The van der Waals surface area contributed by atoms with Crippen LogP contribution in [0.5, 0.6) is 0 Å². The van der Waals surface area contributed by atoms with Gasteiger partial charge in [0.25, 0.3) is 0 Å². The molecule has 1 atom stereocenters. The first-order valence-corrected chi connectivity index (χ1v) is 8.08. The number of amides is 1. The molecule has 0 saturated carbocycles. The fourth-order valence-corrected chi connectivity index (χ4v) is 3.08. The molecule has 0 aliphatic rings. The van der Waals surface area contributed by atoms with Crippen molar-refractivity contribution in [1.29, 1.82) is 0 Å². The van der Waals surface area contributed by atoms with Gasteiger partial charge in [0.1, 0.15) is 0 Å². The topological polar surface area (TPSA) is 41.1 Å². The van der Waals surface area contributed by atoms with E-state index in [1.165, 1.54) is 22.2 Å². The average molecular weight is 302 g/mol. The highest BCUT2D eigenvalue weighted by atomic mass is 32.1. The zero-order chi connectivity index (χ0) is 15.2. The lowest BCUT2D eigenvalue weighted by Crippen LogP contribution is -2.17. The molecule has 2 N–H and O–H groups in total. The number of nitrogens with one attached hydrogen (secondary N) is 2. The highest BCUT2D eigenvalue weighted by molar-refractivity contribution is 7.11. The maximum Gasteiger partial charge on any atom is 0.221 e. The number of carbonyl (C=O) groups is 1. The van der Waals surface area contributed by atoms with Crippen molar-refractivity contribution in [2.75, 3.05) is 5.32 Å². The number of hydrogen-bond donors (Lipinski definition) is 2. The normalized spacial score (nSPS) is 12.1. The predicted octanol–water partition coefficient (Wildman–Crippen LogP) is 4.12. The van der Waals surface area contributed by atoms with Crippen LogP contribution in [0.2, 0.25) is 0 Å². The largest absolute Gasteiger partial charge is 0.326 e. The van der Waals surface area contributed by atoms with Gasteiger partial charge in [-0.1, -0.05) is 19.1 Å². The van der Waals surface area contributed by atoms with Crippen molar-refractivity contribution in [3.63, 3.8) is 0 Å². The van der Waals surface area contributed by atoms with Crippen LogP contribution in [0.25, 0.3) is 0 Å². The second-order valence-corrected chi connectivity index (χ2v) is 6.38. The van der Waals surface area contributed by atoms with E-state index >= 15 is 0 Å². The molecule has 0 saturated heterocycles. The van der Waals surface area contributed by atoms with Crippen molar-refractivity contribution in [3.8, 4) is 0 Å². The molecular weight excluding hydrogens is 280 g/mol. The van der Waals surface area contributed by atoms with Crippen LogP contribution < -0.4 is 10.6 Å². The lowest BCUT2D eigenvalue weighted by Gasteiger charge is -2.15. The zero-order valence-electron chi connectivity index (χ0n) is 12.8. The molecule has 0 fully saturated rings. The molecule has 0 aliphatic heterocycles. The van der Waals surface area contributed by atoms with E-state index in [1.807, 2.05) is 29.5 Å². The molecule has 0 spiro atoms. The summed E-state index contributed by atoms with van der Waals surface area (Å²) in [5.41, 5.74) is 2.02. The number of aryl methyl sites for hydroxylation is 1. The Morgan fingerprint density at radius 1 is 1.24 bits per heavy atom. The van der Waals surface area contributed by atoms with Crippen molar-refractivity contribution >= 4 is 22.9 Å². The van der Waals surface area contributed by atoms with E-state index in [1.54, 1.807) is 0 Å². The summed E-state index contributed by atoms with van der Waals surface area (Å²) >= 11 is 1.86. The van der Waals surface area contributed by atoms with Crippen LogP contribution in [0.3, 0.4) is 0 Å². The fourth-order valence-electron chi connectivity index (χ4n) is 2.17. The average Bonchev–Trinajstić information content (AvgIpc) is 2.92. The molecule has 1 aromatic carbocycles. The summed E-state index contributed by atoms with van der Waals surface area (Å²) in [6.07, 6.45) is 1.10. The summed E-state index contributed by atoms with van der Waals surface area (Å²) in [4.78, 5) is 13.9. The number of carbonyl (C=O) groups excluding carboxylic acids is 1. The Kier molecular flexibility index (Phi) is 5.53. The molecule has 0 bridgehead atoms. The Balaban J connectivity index is 1.96. The van der Waals surface area contributed by atoms with Crippen molar-refractivity contribution in [2.45, 2.75) is 39.8 Å². The summed E-state index contributed by atoms with van der Waals surface area (Å²) in [6.45, 7) is 6.72. The minimum absolute atomic E-state index is 0.0431. The Morgan fingerprint density at radius 3 is 2.67 bits per heavy atom. The van der Waals surface area contributed by atoms with Crippen LogP contribution in [0.15, 0.2) is 36.4 Å². The molecule has 1 heterocycles. The van der Waals surface area contributed by atoms with Gasteiger partial charge in [0.05, 0.1) is 0 Å². The first-order valence-electron chi connectivity index (χ1n) is 7.27. The summed E-state index contributed by atoms with van der Waals surface area (Å²) in [7, 11) is 0. The molecule has 1 unspecified atom stereocenters. The van der Waals surface area contributed by atoms with Crippen molar-refractivity contribution in [1.82, 2.24) is 5.32 Å². The SMILES string of the molecule is CCc1ccc(CNC(C)c2cccc(NC(C)=O)c2)s1. The minimum atomic E-state index is -0.0431. The maximum atomic E-state index is 11.1. The molecule has 0 aliphatic carbocycles. The lowest BCUT2D eigenvalue weighted by atomic mass is 10.1. The third-order valence-electron chi connectivity index (χ3n) is 3.36. The van der Waals surface area contributed by atoms with E-state index in [-0.39, 0.29) is 11.9 Å². The maximum absolute atomic E-state index is 11.1. The number of hydrogen-bond acceptors (Lipinski definition) is 3. The quantitative estimate of drug-likeness (QED) is 0.842. The van der Waals surface area contributed by atoms with Gasteiger partial charge in [-0.3, -0.25) is 4.79 Å². The van der Waals surface area contributed by atoms with Crippen LogP contribution in [0.1, 0.15) is 42.1 Å². The van der Waals surface area contributed by atoms with Gasteiger partial charge in [-0.05, 0) is 43.2 Å². The number of rotatable bonds is 6. The molecule has 0 radical (unpaired) electrons. The summed E-state index contributed by atoms with van der Waals surface area (Å²) in [6, 6.07) is 12.6. The van der Waals surface area contributed by atoms with Crippen LogP contribution >= 0.6 is 11.3 Å². The van der Waals surface area contributed by atoms with Gasteiger partial charge in [-0.15, -0.1) is 11.3 Å². The van der Waals surface area contributed by atoms with E-state index in [0.717, 1.165) is 18.7 Å². The summed E-state index contributed by atoms with van der Waals surface area (Å²) in [5, 5.41) is 6.35. The van der Waals surface area contributed by atoms with Gasteiger partial charge in [-0.25, -0.2) is 0 Å². The van der Waals surface area contributed by atoms with E-state index < -0.39 is 0 Å². The Morgan fingerprint density at radius 2 is 2.00 bits per heavy atom. The second kappa shape index (κ2) is 7.38. The van der Waals surface area contributed by atoms with Gasteiger partial charge in [0.2, 0.25) is 5.91 Å². The molecular formula is C17H22N2OS. The zero-order valence-corrected chi connectivity index (χ0v) is 13.6. The molecule has 1 amide bonds. The smallest absolute Gasteiger partial charge is 0.221 e. The number of thiophene rings is 1. The third-order valence-corrected chi connectivity index (χ3v) is 4.58. The van der Waals surface area contributed by atoms with Crippen LogP contribution in [-0.2, 0) is 17.8 Å². The third kappa shape index (κ3) is 4.69. The molecule has 21 heavy (non-hydrogen) atoms. The number of benzene rings is 1. The lowest BCUT2D eigenvalue weighted by molar-refractivity contribution is -0.114. The second-order valence-electron chi connectivity index (χ2n) is 5.13. The molecule has 4 heteroatoms. The molecule has 112 valence electrons. The van der Waals surface area contributed by atoms with Crippen molar-refractivity contribution in [3.05, 3.63) is 51.7 Å². The Labute approximate surface area is 130 Å². The first kappa shape index (κ1) is 15.7. The van der Waals surface area contributed by atoms with Crippen LogP contribution in [0.4, 0.5) is 5.69 Å². The standard InChI is InChI=1S/C17H22N2OS/c1-4-16-8-9-17(21-16)11-18-12(2)14-6-5-7-15(10-14)19-13(3)20/h5-10,12,18H,4,11H2,1-3H3,(H,19,20). The van der Waals surface area contributed by atoms with E-state index in [2.05, 4.69) is 42.7 Å².